The Bertz CT molecular complexity index is 349. The van der Waals surface area contributed by atoms with Crippen molar-refractivity contribution in [1.29, 1.82) is 0 Å². The van der Waals surface area contributed by atoms with E-state index < -0.39 is 11.6 Å². The third-order valence-corrected chi connectivity index (χ3v) is 2.88. The van der Waals surface area contributed by atoms with Crippen LogP contribution in [0.4, 0.5) is 14.5 Å². The molecule has 16 heavy (non-hydrogen) atoms. The molecule has 1 saturated heterocycles. The molecule has 0 aromatic heterocycles. The minimum absolute atomic E-state index is 0.369. The zero-order chi connectivity index (χ0) is 11.4. The first kappa shape index (κ1) is 11.3. The van der Waals surface area contributed by atoms with Crippen LogP contribution in [0, 0.1) is 11.6 Å². The smallest absolute Gasteiger partial charge is 0.149 e. The quantitative estimate of drug-likeness (QED) is 0.827. The van der Waals surface area contributed by atoms with E-state index in [0.717, 1.165) is 19.0 Å². The van der Waals surface area contributed by atoms with Crippen molar-refractivity contribution < 1.29 is 8.78 Å². The number of anilines is 1. The average Bonchev–Trinajstić information content (AvgIpc) is 2.29. The molecular formula is C12H16F2N2. The first-order chi connectivity index (χ1) is 7.75. The molecule has 0 bridgehead atoms. The highest BCUT2D eigenvalue weighted by Crippen LogP contribution is 2.15. The highest BCUT2D eigenvalue weighted by atomic mass is 19.1. The molecule has 1 aliphatic heterocycles. The van der Waals surface area contributed by atoms with Crippen molar-refractivity contribution in [1.82, 2.24) is 5.32 Å². The summed E-state index contributed by atoms with van der Waals surface area (Å²) >= 11 is 0. The Morgan fingerprint density at radius 3 is 2.88 bits per heavy atom. The van der Waals surface area contributed by atoms with Gasteiger partial charge in [0.2, 0.25) is 0 Å². The molecule has 1 aromatic carbocycles. The van der Waals surface area contributed by atoms with Crippen molar-refractivity contribution in [2.45, 2.75) is 25.3 Å². The van der Waals surface area contributed by atoms with Crippen LogP contribution in [0.15, 0.2) is 18.2 Å². The second-order valence-corrected chi connectivity index (χ2v) is 4.15. The summed E-state index contributed by atoms with van der Waals surface area (Å²) in [6.07, 6.45) is 3.53. The molecule has 0 amide bonds. The van der Waals surface area contributed by atoms with Gasteiger partial charge >= 0.3 is 0 Å². The third-order valence-electron chi connectivity index (χ3n) is 2.88. The van der Waals surface area contributed by atoms with Crippen LogP contribution in [-0.2, 0) is 0 Å². The molecule has 1 aliphatic rings. The zero-order valence-corrected chi connectivity index (χ0v) is 9.10. The van der Waals surface area contributed by atoms with Gasteiger partial charge in [-0.25, -0.2) is 8.78 Å². The summed E-state index contributed by atoms with van der Waals surface area (Å²) in [5.41, 5.74) is 0.369. The first-order valence-corrected chi connectivity index (χ1v) is 5.68. The summed E-state index contributed by atoms with van der Waals surface area (Å²) in [5.74, 6) is -1.07. The van der Waals surface area contributed by atoms with E-state index in [2.05, 4.69) is 10.6 Å². The van der Waals surface area contributed by atoms with Gasteiger partial charge in [-0.3, -0.25) is 0 Å². The number of halogens is 2. The largest absolute Gasteiger partial charge is 0.381 e. The number of rotatable bonds is 3. The van der Waals surface area contributed by atoms with Gasteiger partial charge in [0.1, 0.15) is 11.6 Å². The van der Waals surface area contributed by atoms with E-state index in [1.807, 2.05) is 0 Å². The van der Waals surface area contributed by atoms with E-state index in [1.54, 1.807) is 0 Å². The maximum atomic E-state index is 13.3. The monoisotopic (exact) mass is 226 g/mol. The molecule has 0 radical (unpaired) electrons. The number of nitrogens with one attached hydrogen (secondary N) is 2. The highest BCUT2D eigenvalue weighted by Gasteiger charge is 2.12. The zero-order valence-electron chi connectivity index (χ0n) is 9.10. The predicted molar refractivity (Wildman–Crippen MR) is 60.5 cm³/mol. The predicted octanol–water partition coefficient (Wildman–Crippen LogP) is 2.52. The molecule has 88 valence electrons. The van der Waals surface area contributed by atoms with Crippen LogP contribution in [0.2, 0.25) is 0 Å². The summed E-state index contributed by atoms with van der Waals surface area (Å²) < 4.78 is 25.9. The minimum atomic E-state index is -0.543. The molecule has 0 saturated carbocycles. The van der Waals surface area contributed by atoms with Gasteiger partial charge in [-0.15, -0.1) is 0 Å². The van der Waals surface area contributed by atoms with Crippen LogP contribution < -0.4 is 10.6 Å². The molecule has 4 heteroatoms. The SMILES string of the molecule is Fc1ccc(NCC2CCCCN2)c(F)c1. The fourth-order valence-corrected chi connectivity index (χ4v) is 1.96. The molecule has 2 N–H and O–H groups in total. The molecule has 0 aliphatic carbocycles. The van der Waals surface area contributed by atoms with Crippen molar-refractivity contribution in [2.24, 2.45) is 0 Å². The van der Waals surface area contributed by atoms with Crippen LogP contribution in [0.25, 0.3) is 0 Å². The van der Waals surface area contributed by atoms with Gasteiger partial charge in [-0.1, -0.05) is 6.42 Å². The van der Waals surface area contributed by atoms with E-state index in [9.17, 15) is 8.78 Å². The van der Waals surface area contributed by atoms with Gasteiger partial charge in [0, 0.05) is 18.7 Å². The van der Waals surface area contributed by atoms with Crippen LogP contribution in [-0.4, -0.2) is 19.1 Å². The molecule has 1 aromatic rings. The standard InChI is InChI=1S/C12H16F2N2/c13-9-4-5-12(11(14)7-9)16-8-10-3-1-2-6-15-10/h4-5,7,10,15-16H,1-3,6,8H2. The fraction of sp³-hybridized carbons (Fsp3) is 0.500. The van der Waals surface area contributed by atoms with Crippen molar-refractivity contribution in [3.05, 3.63) is 29.8 Å². The molecule has 2 rings (SSSR count). The van der Waals surface area contributed by atoms with Gasteiger partial charge in [-0.2, -0.15) is 0 Å². The second kappa shape index (κ2) is 5.25. The number of hydrogen-bond acceptors (Lipinski definition) is 2. The highest BCUT2D eigenvalue weighted by molar-refractivity contribution is 5.44. The Kier molecular flexibility index (Phi) is 3.72. The topological polar surface area (TPSA) is 24.1 Å². The molecular weight excluding hydrogens is 210 g/mol. The molecule has 1 unspecified atom stereocenters. The average molecular weight is 226 g/mol. The first-order valence-electron chi connectivity index (χ1n) is 5.68. The van der Waals surface area contributed by atoms with Crippen LogP contribution in [0.3, 0.4) is 0 Å². The molecule has 2 nitrogen and oxygen atoms in total. The van der Waals surface area contributed by atoms with E-state index in [0.29, 0.717) is 18.3 Å². The number of hydrogen-bond donors (Lipinski definition) is 2. The van der Waals surface area contributed by atoms with Crippen LogP contribution in [0.1, 0.15) is 19.3 Å². The molecule has 1 heterocycles. The minimum Gasteiger partial charge on any atom is -0.381 e. The lowest BCUT2D eigenvalue weighted by molar-refractivity contribution is 0.413. The fourth-order valence-electron chi connectivity index (χ4n) is 1.96. The lowest BCUT2D eigenvalue weighted by Gasteiger charge is -2.24. The summed E-state index contributed by atoms with van der Waals surface area (Å²) in [6.45, 7) is 1.71. The van der Waals surface area contributed by atoms with Crippen molar-refractivity contribution in [2.75, 3.05) is 18.4 Å². The molecule has 1 atom stereocenters. The van der Waals surface area contributed by atoms with E-state index >= 15 is 0 Å². The Balaban J connectivity index is 1.88. The Labute approximate surface area is 94.0 Å². The van der Waals surface area contributed by atoms with Crippen molar-refractivity contribution in [3.63, 3.8) is 0 Å². The lowest BCUT2D eigenvalue weighted by atomic mass is 10.1. The summed E-state index contributed by atoms with van der Waals surface area (Å²) in [4.78, 5) is 0. The van der Waals surface area contributed by atoms with E-state index in [4.69, 9.17) is 0 Å². The number of benzene rings is 1. The molecule has 0 spiro atoms. The van der Waals surface area contributed by atoms with E-state index in [1.165, 1.54) is 25.0 Å². The Morgan fingerprint density at radius 2 is 2.19 bits per heavy atom. The van der Waals surface area contributed by atoms with Crippen LogP contribution >= 0.6 is 0 Å². The normalized spacial score (nSPS) is 20.8. The van der Waals surface area contributed by atoms with Gasteiger partial charge in [0.05, 0.1) is 5.69 Å². The maximum absolute atomic E-state index is 13.3. The Morgan fingerprint density at radius 1 is 1.31 bits per heavy atom. The van der Waals surface area contributed by atoms with Gasteiger partial charge in [0.15, 0.2) is 0 Å². The Hall–Kier alpha value is -1.16. The third kappa shape index (κ3) is 2.92. The molecule has 1 fully saturated rings. The maximum Gasteiger partial charge on any atom is 0.149 e. The van der Waals surface area contributed by atoms with Gasteiger partial charge in [-0.05, 0) is 31.5 Å². The van der Waals surface area contributed by atoms with Gasteiger partial charge in [0.25, 0.3) is 0 Å². The summed E-state index contributed by atoms with van der Waals surface area (Å²) in [5, 5.41) is 6.37. The second-order valence-electron chi connectivity index (χ2n) is 4.15. The van der Waals surface area contributed by atoms with Gasteiger partial charge < -0.3 is 10.6 Å². The lowest BCUT2D eigenvalue weighted by Crippen LogP contribution is -2.39. The number of piperidine rings is 1. The van der Waals surface area contributed by atoms with Crippen molar-refractivity contribution in [3.8, 4) is 0 Å². The summed E-state index contributed by atoms with van der Waals surface area (Å²) in [6, 6.07) is 3.99. The summed E-state index contributed by atoms with van der Waals surface area (Å²) in [7, 11) is 0. The van der Waals surface area contributed by atoms with Crippen molar-refractivity contribution >= 4 is 5.69 Å². The van der Waals surface area contributed by atoms with E-state index in [-0.39, 0.29) is 0 Å². The van der Waals surface area contributed by atoms with Crippen LogP contribution in [0.5, 0.6) is 0 Å².